The number of pyridine rings is 1. The Hall–Kier alpha value is -2.26. The molecule has 0 bridgehead atoms. The molecule has 2 heterocycles. The summed E-state index contributed by atoms with van der Waals surface area (Å²) >= 11 is 7.80. The van der Waals surface area contributed by atoms with Crippen LogP contribution < -0.4 is 4.74 Å². The van der Waals surface area contributed by atoms with E-state index in [-0.39, 0.29) is 12.2 Å². The molecule has 0 unspecified atom stereocenters. The summed E-state index contributed by atoms with van der Waals surface area (Å²) in [5, 5.41) is 11.6. The Labute approximate surface area is 217 Å². The van der Waals surface area contributed by atoms with E-state index >= 15 is 0 Å². The molecule has 1 fully saturated rings. The number of halogens is 4. The van der Waals surface area contributed by atoms with Crippen LogP contribution in [0.1, 0.15) is 48.1 Å². The Morgan fingerprint density at radius 1 is 1.11 bits per heavy atom. The Kier molecular flexibility index (Phi) is 8.83. The number of aromatic nitrogens is 1. The number of benzene rings is 2. The van der Waals surface area contributed by atoms with Gasteiger partial charge in [-0.3, -0.25) is 0 Å². The fraction of sp³-hybridized carbons (Fsp3) is 0.370. The molecule has 0 saturated carbocycles. The number of aliphatic hydroxyl groups excluding tert-OH is 1. The van der Waals surface area contributed by atoms with Gasteiger partial charge in [0.1, 0.15) is 5.75 Å². The molecule has 1 aliphatic heterocycles. The van der Waals surface area contributed by atoms with Gasteiger partial charge in [0.05, 0.1) is 35.5 Å². The first-order valence-corrected chi connectivity index (χ1v) is 13.1. The fourth-order valence-corrected chi connectivity index (χ4v) is 5.19. The van der Waals surface area contributed by atoms with Crippen molar-refractivity contribution in [3.63, 3.8) is 0 Å². The van der Waals surface area contributed by atoms with Crippen LogP contribution in [0.3, 0.4) is 0 Å². The molecule has 4 nitrogen and oxygen atoms in total. The number of alkyl halides is 3. The van der Waals surface area contributed by atoms with E-state index in [0.29, 0.717) is 41.7 Å². The third-order valence-electron chi connectivity index (χ3n) is 5.93. The topological polar surface area (TPSA) is 51.6 Å². The van der Waals surface area contributed by atoms with Crippen molar-refractivity contribution < 1.29 is 27.8 Å². The van der Waals surface area contributed by atoms with Crippen molar-refractivity contribution in [2.24, 2.45) is 0 Å². The summed E-state index contributed by atoms with van der Waals surface area (Å²) in [4.78, 5) is 3.90. The second-order valence-corrected chi connectivity index (χ2v) is 10.1. The second-order valence-electron chi connectivity index (χ2n) is 8.67. The third-order valence-corrected chi connectivity index (χ3v) is 7.37. The molecule has 1 N–H and O–H groups in total. The first-order chi connectivity index (χ1) is 17.2. The van der Waals surface area contributed by atoms with E-state index in [0.717, 1.165) is 34.7 Å². The maximum Gasteiger partial charge on any atom is 0.417 e. The summed E-state index contributed by atoms with van der Waals surface area (Å²) in [5.41, 5.74) is 2.21. The van der Waals surface area contributed by atoms with Gasteiger partial charge in [-0.2, -0.15) is 13.2 Å². The Morgan fingerprint density at radius 2 is 1.89 bits per heavy atom. The molecule has 1 aliphatic rings. The largest absolute Gasteiger partial charge is 0.494 e. The van der Waals surface area contributed by atoms with E-state index in [4.69, 9.17) is 21.1 Å². The zero-order valence-electron chi connectivity index (χ0n) is 19.7. The maximum absolute atomic E-state index is 12.8. The molecule has 36 heavy (non-hydrogen) atoms. The highest BCUT2D eigenvalue weighted by molar-refractivity contribution is 7.99. The lowest BCUT2D eigenvalue weighted by Crippen LogP contribution is -2.32. The number of ether oxygens (including phenoxy) is 2. The predicted molar refractivity (Wildman–Crippen MR) is 135 cm³/mol. The number of hydrogen-bond acceptors (Lipinski definition) is 5. The molecule has 2 aromatic carbocycles. The van der Waals surface area contributed by atoms with Crippen LogP contribution in [0.5, 0.6) is 5.75 Å². The fourth-order valence-electron chi connectivity index (χ4n) is 4.14. The Balaban J connectivity index is 1.40. The minimum Gasteiger partial charge on any atom is -0.494 e. The van der Waals surface area contributed by atoms with Crippen LogP contribution in [-0.2, 0) is 17.3 Å². The minimum atomic E-state index is -4.41. The van der Waals surface area contributed by atoms with Crippen LogP contribution in [0.4, 0.5) is 13.2 Å². The van der Waals surface area contributed by atoms with Gasteiger partial charge in [0.2, 0.25) is 0 Å². The highest BCUT2D eigenvalue weighted by Crippen LogP contribution is 2.36. The first kappa shape index (κ1) is 26.8. The van der Waals surface area contributed by atoms with Crippen LogP contribution in [0.15, 0.2) is 65.8 Å². The van der Waals surface area contributed by atoms with Crippen molar-refractivity contribution in [1.82, 2.24) is 4.98 Å². The van der Waals surface area contributed by atoms with Crippen molar-refractivity contribution in [3.8, 4) is 5.75 Å². The van der Waals surface area contributed by atoms with Gasteiger partial charge in [-0.15, -0.1) is 11.8 Å². The van der Waals surface area contributed by atoms with Crippen molar-refractivity contribution >= 4 is 23.4 Å². The van der Waals surface area contributed by atoms with Gasteiger partial charge in [0.15, 0.2) is 0 Å². The molecular weight excluding hydrogens is 511 g/mol. The highest BCUT2D eigenvalue weighted by Gasteiger charge is 2.32. The zero-order chi connectivity index (χ0) is 25.7. The lowest BCUT2D eigenvalue weighted by atomic mass is 9.94. The van der Waals surface area contributed by atoms with Crippen LogP contribution in [0, 0.1) is 0 Å². The summed E-state index contributed by atoms with van der Waals surface area (Å²) < 4.78 is 50.1. The van der Waals surface area contributed by atoms with Crippen LogP contribution >= 0.6 is 23.4 Å². The van der Waals surface area contributed by atoms with Gasteiger partial charge in [-0.25, -0.2) is 4.98 Å². The molecule has 1 saturated heterocycles. The summed E-state index contributed by atoms with van der Waals surface area (Å²) in [6, 6.07) is 16.0. The molecule has 4 rings (SSSR count). The number of thioether (sulfide) groups is 1. The minimum absolute atomic E-state index is 0.266. The summed E-state index contributed by atoms with van der Waals surface area (Å²) in [7, 11) is 0. The Morgan fingerprint density at radius 3 is 2.56 bits per heavy atom. The predicted octanol–water partition coefficient (Wildman–Crippen LogP) is 7.12. The number of nitrogens with zero attached hydrogens (tertiary/aromatic N) is 1. The summed E-state index contributed by atoms with van der Waals surface area (Å²) in [6.07, 6.45) is -3.13. The van der Waals surface area contributed by atoms with Crippen LogP contribution in [0.2, 0.25) is 5.02 Å². The molecular formula is C27H27ClF3NO3S. The van der Waals surface area contributed by atoms with Gasteiger partial charge in [0, 0.05) is 29.8 Å². The SMILES string of the molecule is CCOc1ccc(Cc2cc([C@H]3C[C@@H](O)C[C@@H](CSc4ccc(C(F)(F)F)cn4)O3)ccc2Cl)cc1. The molecule has 192 valence electrons. The number of rotatable bonds is 8. The van der Waals surface area contributed by atoms with Gasteiger partial charge >= 0.3 is 6.18 Å². The number of hydrogen-bond donors (Lipinski definition) is 1. The normalized spacial score (nSPS) is 20.3. The highest BCUT2D eigenvalue weighted by atomic mass is 35.5. The standard InChI is InChI=1S/C27H27ClF3NO3S/c1-2-34-22-7-3-17(4-8-22)11-19-12-18(5-9-24(19)28)25-14-21(33)13-23(35-25)16-36-26-10-6-20(15-32-26)27(29,30)31/h3-10,12,15,21,23,25,33H,2,11,13-14,16H2,1H3/t21-,23-,25+/m0/s1. The van der Waals surface area contributed by atoms with Gasteiger partial charge in [0.25, 0.3) is 0 Å². The van der Waals surface area contributed by atoms with Crippen molar-refractivity contribution in [2.75, 3.05) is 12.4 Å². The second kappa shape index (κ2) is 11.9. The van der Waals surface area contributed by atoms with Crippen molar-refractivity contribution in [3.05, 3.63) is 88.1 Å². The number of aliphatic hydroxyl groups is 1. The van der Waals surface area contributed by atoms with Crippen molar-refractivity contribution in [1.29, 1.82) is 0 Å². The monoisotopic (exact) mass is 537 g/mol. The molecule has 0 radical (unpaired) electrons. The lowest BCUT2D eigenvalue weighted by Gasteiger charge is -2.33. The van der Waals surface area contributed by atoms with Gasteiger partial charge in [-0.1, -0.05) is 35.9 Å². The average Bonchev–Trinajstić information content (AvgIpc) is 2.85. The summed E-state index contributed by atoms with van der Waals surface area (Å²) in [5.74, 6) is 1.29. The molecule has 3 aromatic rings. The maximum atomic E-state index is 12.8. The molecule has 9 heteroatoms. The van der Waals surface area contributed by atoms with E-state index < -0.39 is 17.8 Å². The van der Waals surface area contributed by atoms with E-state index in [1.54, 1.807) is 0 Å². The van der Waals surface area contributed by atoms with E-state index in [9.17, 15) is 18.3 Å². The zero-order valence-corrected chi connectivity index (χ0v) is 21.2. The lowest BCUT2D eigenvalue weighted by molar-refractivity contribution is -0.137. The van der Waals surface area contributed by atoms with Gasteiger partial charge in [-0.05, 0) is 60.4 Å². The molecule has 0 spiro atoms. The van der Waals surface area contributed by atoms with Crippen LogP contribution in [-0.4, -0.2) is 34.7 Å². The van der Waals surface area contributed by atoms with E-state index in [1.807, 2.05) is 49.4 Å². The smallest absolute Gasteiger partial charge is 0.417 e. The molecule has 1 aromatic heterocycles. The summed E-state index contributed by atoms with van der Waals surface area (Å²) in [6.45, 7) is 2.55. The van der Waals surface area contributed by atoms with Gasteiger partial charge < -0.3 is 14.6 Å². The molecule has 3 atom stereocenters. The van der Waals surface area contributed by atoms with E-state index in [1.165, 1.54) is 17.8 Å². The molecule has 0 amide bonds. The van der Waals surface area contributed by atoms with Crippen LogP contribution in [0.25, 0.3) is 0 Å². The first-order valence-electron chi connectivity index (χ1n) is 11.7. The van der Waals surface area contributed by atoms with Crippen molar-refractivity contribution in [2.45, 2.75) is 55.7 Å². The third kappa shape index (κ3) is 7.16. The Bertz CT molecular complexity index is 1140. The quantitative estimate of drug-likeness (QED) is 0.310. The molecule has 0 aliphatic carbocycles. The average molecular weight is 538 g/mol. The van der Waals surface area contributed by atoms with E-state index in [2.05, 4.69) is 4.98 Å².